The van der Waals surface area contributed by atoms with Crippen LogP contribution in [0, 0.1) is 6.92 Å². The number of aromatic nitrogens is 2. The van der Waals surface area contributed by atoms with E-state index in [1.165, 1.54) is 0 Å². The van der Waals surface area contributed by atoms with Crippen LogP contribution in [0.25, 0.3) is 0 Å². The summed E-state index contributed by atoms with van der Waals surface area (Å²) in [6.45, 7) is 6.73. The molecule has 116 valence electrons. The Morgan fingerprint density at radius 2 is 2.00 bits per heavy atom. The minimum Gasteiger partial charge on any atom is -0.408 e. The maximum atomic E-state index is 12.5. The van der Waals surface area contributed by atoms with Crippen molar-refractivity contribution in [2.45, 2.75) is 20.3 Å². The predicted octanol–water partition coefficient (Wildman–Crippen LogP) is 1.90. The molecule has 0 N–H and O–H groups in total. The fourth-order valence-electron chi connectivity index (χ4n) is 2.58. The Kier molecular flexibility index (Phi) is 4.09. The average molecular weight is 300 g/mol. The zero-order valence-corrected chi connectivity index (χ0v) is 13.0. The highest BCUT2D eigenvalue weighted by Crippen LogP contribution is 2.16. The summed E-state index contributed by atoms with van der Waals surface area (Å²) in [6, 6.07) is 8.27. The van der Waals surface area contributed by atoms with Crippen LogP contribution in [0.3, 0.4) is 0 Å². The zero-order valence-electron chi connectivity index (χ0n) is 13.0. The van der Waals surface area contributed by atoms with Crippen LogP contribution in [0.2, 0.25) is 0 Å². The molecule has 6 heteroatoms. The maximum Gasteiger partial charge on any atom is 0.318 e. The lowest BCUT2D eigenvalue weighted by molar-refractivity contribution is 0.0745. The summed E-state index contributed by atoms with van der Waals surface area (Å²) < 4.78 is 5.57. The Morgan fingerprint density at radius 3 is 2.64 bits per heavy atom. The quantitative estimate of drug-likeness (QED) is 0.866. The summed E-state index contributed by atoms with van der Waals surface area (Å²) >= 11 is 0. The van der Waals surface area contributed by atoms with Crippen LogP contribution in [-0.2, 0) is 6.42 Å². The van der Waals surface area contributed by atoms with Crippen LogP contribution in [0.1, 0.15) is 28.7 Å². The lowest BCUT2D eigenvalue weighted by atomic mass is 10.1. The molecule has 0 aliphatic carbocycles. The minimum absolute atomic E-state index is 0.0862. The van der Waals surface area contributed by atoms with E-state index in [0.29, 0.717) is 38.1 Å². The SMILES string of the molecule is CCc1nnc(N2CCN(C(=O)c3cccc(C)c3)CC2)o1. The summed E-state index contributed by atoms with van der Waals surface area (Å²) in [4.78, 5) is 16.4. The van der Waals surface area contributed by atoms with E-state index in [1.807, 2.05) is 47.9 Å². The van der Waals surface area contributed by atoms with Gasteiger partial charge >= 0.3 is 6.01 Å². The van der Waals surface area contributed by atoms with Crippen molar-refractivity contribution in [3.63, 3.8) is 0 Å². The molecule has 1 fully saturated rings. The van der Waals surface area contributed by atoms with E-state index in [-0.39, 0.29) is 5.91 Å². The van der Waals surface area contributed by atoms with Gasteiger partial charge in [0.1, 0.15) is 0 Å². The normalized spacial score (nSPS) is 15.2. The molecular weight excluding hydrogens is 280 g/mol. The van der Waals surface area contributed by atoms with Crippen LogP contribution in [0.15, 0.2) is 28.7 Å². The number of hydrogen-bond acceptors (Lipinski definition) is 5. The molecule has 1 aliphatic heterocycles. The summed E-state index contributed by atoms with van der Waals surface area (Å²) in [5, 5.41) is 8.04. The number of rotatable bonds is 3. The van der Waals surface area contributed by atoms with Gasteiger partial charge in [-0.15, -0.1) is 5.10 Å². The number of benzene rings is 1. The Balaban J connectivity index is 1.62. The molecule has 1 aromatic heterocycles. The van der Waals surface area contributed by atoms with Crippen molar-refractivity contribution < 1.29 is 9.21 Å². The van der Waals surface area contributed by atoms with Crippen LogP contribution >= 0.6 is 0 Å². The van der Waals surface area contributed by atoms with Gasteiger partial charge in [-0.25, -0.2) is 0 Å². The zero-order chi connectivity index (χ0) is 15.5. The van der Waals surface area contributed by atoms with E-state index in [9.17, 15) is 4.79 Å². The first-order valence-corrected chi connectivity index (χ1v) is 7.60. The van der Waals surface area contributed by atoms with Crippen LogP contribution in [0.4, 0.5) is 6.01 Å². The van der Waals surface area contributed by atoms with Crippen LogP contribution in [-0.4, -0.2) is 47.2 Å². The van der Waals surface area contributed by atoms with Gasteiger partial charge in [-0.3, -0.25) is 4.79 Å². The van der Waals surface area contributed by atoms with E-state index in [2.05, 4.69) is 10.2 Å². The second-order valence-electron chi connectivity index (χ2n) is 5.48. The third kappa shape index (κ3) is 2.95. The topological polar surface area (TPSA) is 62.5 Å². The van der Waals surface area contributed by atoms with E-state index in [0.717, 1.165) is 17.5 Å². The molecule has 1 aliphatic rings. The number of anilines is 1. The van der Waals surface area contributed by atoms with Crippen molar-refractivity contribution in [2.24, 2.45) is 0 Å². The summed E-state index contributed by atoms with van der Waals surface area (Å²) in [6.07, 6.45) is 0.735. The smallest absolute Gasteiger partial charge is 0.318 e. The lowest BCUT2D eigenvalue weighted by Gasteiger charge is -2.33. The molecule has 0 unspecified atom stereocenters. The molecule has 2 aromatic rings. The molecule has 0 radical (unpaired) electrons. The third-order valence-corrected chi connectivity index (χ3v) is 3.86. The average Bonchev–Trinajstić information content (AvgIpc) is 3.03. The first-order chi connectivity index (χ1) is 10.7. The second-order valence-corrected chi connectivity index (χ2v) is 5.48. The van der Waals surface area contributed by atoms with Gasteiger partial charge in [-0.1, -0.05) is 29.7 Å². The van der Waals surface area contributed by atoms with Gasteiger partial charge in [-0.2, -0.15) is 0 Å². The largest absolute Gasteiger partial charge is 0.408 e. The van der Waals surface area contributed by atoms with E-state index in [4.69, 9.17) is 4.42 Å². The van der Waals surface area contributed by atoms with Crippen molar-refractivity contribution in [1.29, 1.82) is 0 Å². The fourth-order valence-corrected chi connectivity index (χ4v) is 2.58. The van der Waals surface area contributed by atoms with Crippen molar-refractivity contribution in [3.05, 3.63) is 41.3 Å². The van der Waals surface area contributed by atoms with E-state index < -0.39 is 0 Å². The number of nitrogens with zero attached hydrogens (tertiary/aromatic N) is 4. The standard InChI is InChI=1S/C16H20N4O2/c1-3-14-17-18-16(22-14)20-9-7-19(8-10-20)15(21)13-6-4-5-12(2)11-13/h4-6,11H,3,7-10H2,1-2H3. The third-order valence-electron chi connectivity index (χ3n) is 3.86. The van der Waals surface area contributed by atoms with Gasteiger partial charge < -0.3 is 14.2 Å². The number of aryl methyl sites for hydroxylation is 2. The number of carbonyl (C=O) groups excluding carboxylic acids is 1. The Morgan fingerprint density at radius 1 is 1.23 bits per heavy atom. The number of amides is 1. The molecule has 1 saturated heterocycles. The van der Waals surface area contributed by atoms with Gasteiger partial charge in [0, 0.05) is 38.2 Å². The van der Waals surface area contributed by atoms with Crippen LogP contribution < -0.4 is 4.90 Å². The van der Waals surface area contributed by atoms with Gasteiger partial charge in [0.15, 0.2) is 0 Å². The highest BCUT2D eigenvalue weighted by Gasteiger charge is 2.24. The molecule has 0 saturated carbocycles. The van der Waals surface area contributed by atoms with Gasteiger partial charge in [0.05, 0.1) is 0 Å². The van der Waals surface area contributed by atoms with Crippen molar-refractivity contribution >= 4 is 11.9 Å². The maximum absolute atomic E-state index is 12.5. The minimum atomic E-state index is 0.0862. The highest BCUT2D eigenvalue weighted by molar-refractivity contribution is 5.94. The number of hydrogen-bond donors (Lipinski definition) is 0. The van der Waals surface area contributed by atoms with Gasteiger partial charge in [0.25, 0.3) is 5.91 Å². The molecule has 2 heterocycles. The monoisotopic (exact) mass is 300 g/mol. The Labute approximate surface area is 129 Å². The predicted molar refractivity (Wildman–Crippen MR) is 83.0 cm³/mol. The first-order valence-electron chi connectivity index (χ1n) is 7.60. The van der Waals surface area contributed by atoms with Gasteiger partial charge in [0.2, 0.25) is 5.89 Å². The van der Waals surface area contributed by atoms with Crippen LogP contribution in [0.5, 0.6) is 0 Å². The molecule has 0 atom stereocenters. The molecule has 6 nitrogen and oxygen atoms in total. The van der Waals surface area contributed by atoms with Gasteiger partial charge in [-0.05, 0) is 19.1 Å². The molecule has 1 amide bonds. The van der Waals surface area contributed by atoms with Crippen molar-refractivity contribution in [1.82, 2.24) is 15.1 Å². The van der Waals surface area contributed by atoms with E-state index in [1.54, 1.807) is 0 Å². The van der Waals surface area contributed by atoms with Crippen molar-refractivity contribution in [3.8, 4) is 0 Å². The second kappa shape index (κ2) is 6.17. The molecule has 1 aromatic carbocycles. The summed E-state index contributed by atoms with van der Waals surface area (Å²) in [7, 11) is 0. The summed E-state index contributed by atoms with van der Waals surface area (Å²) in [5.41, 5.74) is 1.85. The number of carbonyl (C=O) groups is 1. The number of piperazine rings is 1. The van der Waals surface area contributed by atoms with E-state index >= 15 is 0 Å². The lowest BCUT2D eigenvalue weighted by Crippen LogP contribution is -2.49. The fraction of sp³-hybridized carbons (Fsp3) is 0.438. The highest BCUT2D eigenvalue weighted by atomic mass is 16.4. The first kappa shape index (κ1) is 14.6. The molecule has 0 bridgehead atoms. The Hall–Kier alpha value is -2.37. The Bertz CT molecular complexity index is 660. The molecule has 0 spiro atoms. The molecule has 3 rings (SSSR count). The van der Waals surface area contributed by atoms with Crippen molar-refractivity contribution in [2.75, 3.05) is 31.1 Å². The summed E-state index contributed by atoms with van der Waals surface area (Å²) in [5.74, 6) is 0.733. The molecular formula is C16H20N4O2. The molecule has 22 heavy (non-hydrogen) atoms.